The second kappa shape index (κ2) is 5.10. The Morgan fingerprint density at radius 3 is 1.81 bits per heavy atom. The van der Waals surface area contributed by atoms with Crippen molar-refractivity contribution in [2.75, 3.05) is 0 Å². The quantitative estimate of drug-likeness (QED) is 0.568. The molecule has 0 spiro atoms. The molecule has 0 heteroatoms. The first kappa shape index (κ1) is 14.1. The van der Waals surface area contributed by atoms with Gasteiger partial charge >= 0.3 is 0 Å². The summed E-state index contributed by atoms with van der Waals surface area (Å²) in [5.74, 6) is 4.49. The molecule has 0 aromatic carbocycles. The highest BCUT2D eigenvalue weighted by atomic mass is 14.6. The van der Waals surface area contributed by atoms with Crippen molar-refractivity contribution in [3.8, 4) is 0 Å². The Kier molecular flexibility index (Phi) is 4.49. The van der Waals surface area contributed by atoms with Crippen molar-refractivity contribution >= 4 is 0 Å². The maximum atomic E-state index is 2.46. The monoisotopic (exact) mass is 224 g/mol. The maximum absolute atomic E-state index is 2.46. The zero-order chi connectivity index (χ0) is 12.5. The predicted molar refractivity (Wildman–Crippen MR) is 73.5 cm³/mol. The van der Waals surface area contributed by atoms with Gasteiger partial charge in [-0.3, -0.25) is 0 Å². The van der Waals surface area contributed by atoms with Crippen LogP contribution in [0.5, 0.6) is 0 Å². The lowest BCUT2D eigenvalue weighted by molar-refractivity contribution is 0.154. The molecule has 0 heterocycles. The van der Waals surface area contributed by atoms with Crippen molar-refractivity contribution in [3.63, 3.8) is 0 Å². The molecule has 96 valence electrons. The van der Waals surface area contributed by atoms with Gasteiger partial charge in [-0.05, 0) is 54.3 Å². The van der Waals surface area contributed by atoms with Crippen molar-refractivity contribution in [1.29, 1.82) is 0 Å². The van der Waals surface area contributed by atoms with Gasteiger partial charge in [-0.25, -0.2) is 0 Å². The molecular formula is C16H32. The SMILES string of the molecule is CCC1(C(CC(C)C(C)C)C(C)C)CC1C. The van der Waals surface area contributed by atoms with Crippen LogP contribution in [0.4, 0.5) is 0 Å². The molecule has 0 aliphatic heterocycles. The molecule has 0 aromatic rings. The van der Waals surface area contributed by atoms with E-state index >= 15 is 0 Å². The average molecular weight is 224 g/mol. The Bertz CT molecular complexity index is 212. The molecule has 0 N–H and O–H groups in total. The van der Waals surface area contributed by atoms with Crippen LogP contribution in [0, 0.1) is 35.0 Å². The lowest BCUT2D eigenvalue weighted by atomic mass is 9.71. The van der Waals surface area contributed by atoms with Crippen LogP contribution in [0.2, 0.25) is 0 Å². The van der Waals surface area contributed by atoms with E-state index in [0.717, 1.165) is 29.6 Å². The summed E-state index contributed by atoms with van der Waals surface area (Å²) in [6.07, 6.45) is 4.31. The van der Waals surface area contributed by atoms with E-state index in [-0.39, 0.29) is 0 Å². The van der Waals surface area contributed by atoms with Crippen LogP contribution >= 0.6 is 0 Å². The van der Waals surface area contributed by atoms with E-state index in [0.29, 0.717) is 5.41 Å². The molecule has 0 amide bonds. The standard InChI is InChI=1S/C16H32/c1-8-16(10-14(16)7)15(12(4)5)9-13(6)11(2)3/h11-15H,8-10H2,1-7H3. The normalized spacial score (nSPS) is 33.2. The third-order valence-electron chi connectivity index (χ3n) is 5.47. The fraction of sp³-hybridized carbons (Fsp3) is 1.00. The summed E-state index contributed by atoms with van der Waals surface area (Å²) in [4.78, 5) is 0. The van der Waals surface area contributed by atoms with E-state index < -0.39 is 0 Å². The van der Waals surface area contributed by atoms with Crippen LogP contribution in [0.3, 0.4) is 0 Å². The van der Waals surface area contributed by atoms with Crippen molar-refractivity contribution in [2.24, 2.45) is 35.0 Å². The highest BCUT2D eigenvalue weighted by Crippen LogP contribution is 2.63. The molecule has 0 aromatic heterocycles. The van der Waals surface area contributed by atoms with Gasteiger partial charge in [-0.1, -0.05) is 48.5 Å². The molecule has 1 fully saturated rings. The van der Waals surface area contributed by atoms with E-state index in [1.807, 2.05) is 0 Å². The highest BCUT2D eigenvalue weighted by molar-refractivity contribution is 5.04. The second-order valence-electron chi connectivity index (χ2n) is 7.00. The molecule has 0 bridgehead atoms. The third kappa shape index (κ3) is 2.63. The summed E-state index contributed by atoms with van der Waals surface area (Å²) in [7, 11) is 0. The Labute approximate surface area is 103 Å². The third-order valence-corrected chi connectivity index (χ3v) is 5.47. The summed E-state index contributed by atoms with van der Waals surface area (Å²) in [5.41, 5.74) is 0.706. The summed E-state index contributed by atoms with van der Waals surface area (Å²) in [6.45, 7) is 16.9. The predicted octanol–water partition coefficient (Wildman–Crippen LogP) is 5.38. The fourth-order valence-electron chi connectivity index (χ4n) is 3.63. The van der Waals surface area contributed by atoms with Crippen molar-refractivity contribution in [2.45, 2.75) is 67.7 Å². The fourth-order valence-corrected chi connectivity index (χ4v) is 3.63. The molecule has 1 aliphatic carbocycles. The van der Waals surface area contributed by atoms with Crippen LogP contribution in [-0.4, -0.2) is 0 Å². The van der Waals surface area contributed by atoms with Crippen LogP contribution < -0.4 is 0 Å². The number of hydrogen-bond acceptors (Lipinski definition) is 0. The Balaban J connectivity index is 2.69. The van der Waals surface area contributed by atoms with Gasteiger partial charge in [0, 0.05) is 0 Å². The smallest absolute Gasteiger partial charge is 0.0241 e. The minimum Gasteiger partial charge on any atom is -0.0648 e. The van der Waals surface area contributed by atoms with Gasteiger partial charge in [0.1, 0.15) is 0 Å². The van der Waals surface area contributed by atoms with Crippen molar-refractivity contribution < 1.29 is 0 Å². The van der Waals surface area contributed by atoms with Gasteiger partial charge in [0.2, 0.25) is 0 Å². The Morgan fingerprint density at radius 1 is 1.06 bits per heavy atom. The van der Waals surface area contributed by atoms with E-state index in [1.54, 1.807) is 0 Å². The van der Waals surface area contributed by atoms with Gasteiger partial charge < -0.3 is 0 Å². The molecule has 0 saturated heterocycles. The van der Waals surface area contributed by atoms with Crippen LogP contribution in [0.15, 0.2) is 0 Å². The van der Waals surface area contributed by atoms with E-state index in [1.165, 1.54) is 19.3 Å². The molecular weight excluding hydrogens is 192 g/mol. The van der Waals surface area contributed by atoms with Gasteiger partial charge in [0.25, 0.3) is 0 Å². The van der Waals surface area contributed by atoms with E-state index in [2.05, 4.69) is 48.5 Å². The second-order valence-corrected chi connectivity index (χ2v) is 7.00. The lowest BCUT2D eigenvalue weighted by Crippen LogP contribution is -2.26. The molecule has 0 radical (unpaired) electrons. The summed E-state index contributed by atoms with van der Waals surface area (Å²) < 4.78 is 0. The van der Waals surface area contributed by atoms with Crippen LogP contribution in [0.25, 0.3) is 0 Å². The maximum Gasteiger partial charge on any atom is -0.0241 e. The van der Waals surface area contributed by atoms with Crippen LogP contribution in [0.1, 0.15) is 67.7 Å². The zero-order valence-corrected chi connectivity index (χ0v) is 12.5. The highest BCUT2D eigenvalue weighted by Gasteiger charge is 2.55. The van der Waals surface area contributed by atoms with Gasteiger partial charge in [0.05, 0.1) is 0 Å². The van der Waals surface area contributed by atoms with Gasteiger partial charge in [-0.2, -0.15) is 0 Å². The molecule has 1 aliphatic rings. The first-order chi connectivity index (χ1) is 7.35. The van der Waals surface area contributed by atoms with Crippen LogP contribution in [-0.2, 0) is 0 Å². The molecule has 1 saturated carbocycles. The molecule has 4 unspecified atom stereocenters. The Hall–Kier alpha value is 0. The minimum atomic E-state index is 0.706. The van der Waals surface area contributed by atoms with E-state index in [4.69, 9.17) is 0 Å². The molecule has 4 atom stereocenters. The molecule has 0 nitrogen and oxygen atoms in total. The van der Waals surface area contributed by atoms with Crippen molar-refractivity contribution in [3.05, 3.63) is 0 Å². The summed E-state index contributed by atoms with van der Waals surface area (Å²) in [6, 6.07) is 0. The number of rotatable bonds is 6. The topological polar surface area (TPSA) is 0 Å². The Morgan fingerprint density at radius 2 is 1.56 bits per heavy atom. The first-order valence-corrected chi connectivity index (χ1v) is 7.35. The van der Waals surface area contributed by atoms with Crippen molar-refractivity contribution in [1.82, 2.24) is 0 Å². The summed E-state index contributed by atoms with van der Waals surface area (Å²) in [5, 5.41) is 0. The zero-order valence-electron chi connectivity index (χ0n) is 12.5. The lowest BCUT2D eigenvalue weighted by Gasteiger charge is -2.34. The average Bonchev–Trinajstić information content (AvgIpc) is 2.85. The molecule has 16 heavy (non-hydrogen) atoms. The van der Waals surface area contributed by atoms with Gasteiger partial charge in [0.15, 0.2) is 0 Å². The number of hydrogen-bond donors (Lipinski definition) is 0. The van der Waals surface area contributed by atoms with E-state index in [9.17, 15) is 0 Å². The summed E-state index contributed by atoms with van der Waals surface area (Å²) >= 11 is 0. The van der Waals surface area contributed by atoms with Gasteiger partial charge in [-0.15, -0.1) is 0 Å². The molecule has 1 rings (SSSR count). The first-order valence-electron chi connectivity index (χ1n) is 7.35. The largest absolute Gasteiger partial charge is 0.0648 e. The minimum absolute atomic E-state index is 0.706.